The van der Waals surface area contributed by atoms with Gasteiger partial charge in [-0.3, -0.25) is 0 Å². The Morgan fingerprint density at radius 1 is 1.50 bits per heavy atom. The fraction of sp³-hybridized carbons (Fsp3) is 0.700. The van der Waals surface area contributed by atoms with Gasteiger partial charge in [0, 0.05) is 18.8 Å². The molecule has 0 aliphatic rings. The van der Waals surface area contributed by atoms with E-state index in [2.05, 4.69) is 9.71 Å². The molecule has 1 aromatic heterocycles. The molecule has 5 nitrogen and oxygen atoms in total. The Hall–Kier alpha value is -0.880. The predicted octanol–water partition coefficient (Wildman–Crippen LogP) is 1.29. The molecule has 1 unspecified atom stereocenters. The number of aryl methyl sites for hydroxylation is 2. The molecular weight excluding hydrogens is 226 g/mol. The number of hydrogen-bond donors (Lipinski definition) is 1. The molecular formula is C10H19N3O2S. The van der Waals surface area contributed by atoms with Crippen molar-refractivity contribution >= 4 is 10.0 Å². The molecule has 16 heavy (non-hydrogen) atoms. The lowest BCUT2D eigenvalue weighted by Gasteiger charge is -2.09. The van der Waals surface area contributed by atoms with Crippen LogP contribution in [0.15, 0.2) is 11.2 Å². The van der Waals surface area contributed by atoms with Gasteiger partial charge in [-0.25, -0.2) is 18.1 Å². The molecule has 0 saturated carbocycles. The Labute approximate surface area is 96.9 Å². The first-order valence-electron chi connectivity index (χ1n) is 5.46. The Balaban J connectivity index is 2.98. The number of rotatable bonds is 5. The van der Waals surface area contributed by atoms with Crippen molar-refractivity contribution < 1.29 is 8.42 Å². The summed E-state index contributed by atoms with van der Waals surface area (Å²) in [7, 11) is -3.47. The van der Waals surface area contributed by atoms with Crippen molar-refractivity contribution in [3.63, 3.8) is 0 Å². The van der Waals surface area contributed by atoms with Gasteiger partial charge in [0.25, 0.3) is 10.0 Å². The van der Waals surface area contributed by atoms with E-state index in [1.165, 1.54) is 0 Å². The number of aromatic nitrogens is 2. The van der Waals surface area contributed by atoms with E-state index in [4.69, 9.17) is 0 Å². The number of hydrogen-bond acceptors (Lipinski definition) is 3. The van der Waals surface area contributed by atoms with Crippen molar-refractivity contribution in [2.75, 3.05) is 0 Å². The van der Waals surface area contributed by atoms with Crippen LogP contribution in [0.25, 0.3) is 0 Å². The van der Waals surface area contributed by atoms with Crippen LogP contribution < -0.4 is 4.72 Å². The largest absolute Gasteiger partial charge is 0.334 e. The Bertz CT molecular complexity index is 451. The third-order valence-electron chi connectivity index (χ3n) is 2.54. The van der Waals surface area contributed by atoms with Gasteiger partial charge in [-0.05, 0) is 27.2 Å². The van der Waals surface area contributed by atoms with Gasteiger partial charge in [0.2, 0.25) is 0 Å². The highest BCUT2D eigenvalue weighted by Gasteiger charge is 2.20. The summed E-state index contributed by atoms with van der Waals surface area (Å²) in [5.74, 6) is 0.715. The third kappa shape index (κ3) is 2.82. The summed E-state index contributed by atoms with van der Waals surface area (Å²) < 4.78 is 28.2. The maximum atomic E-state index is 11.9. The van der Waals surface area contributed by atoms with Gasteiger partial charge in [0.05, 0.1) is 0 Å². The van der Waals surface area contributed by atoms with Crippen LogP contribution in [-0.4, -0.2) is 24.0 Å². The second-order valence-corrected chi connectivity index (χ2v) is 5.50. The van der Waals surface area contributed by atoms with E-state index in [0.29, 0.717) is 5.82 Å². The maximum Gasteiger partial charge on any atom is 0.259 e. The van der Waals surface area contributed by atoms with Crippen molar-refractivity contribution in [1.29, 1.82) is 0 Å². The molecule has 0 radical (unpaired) electrons. The van der Waals surface area contributed by atoms with Crippen LogP contribution in [0, 0.1) is 6.92 Å². The van der Waals surface area contributed by atoms with Crippen LogP contribution in [0.2, 0.25) is 0 Å². The van der Waals surface area contributed by atoms with Gasteiger partial charge in [-0.2, -0.15) is 0 Å². The van der Waals surface area contributed by atoms with Crippen LogP contribution in [0.5, 0.6) is 0 Å². The zero-order valence-electron chi connectivity index (χ0n) is 10.2. The molecule has 1 heterocycles. The molecule has 1 rings (SSSR count). The van der Waals surface area contributed by atoms with Crippen LogP contribution in [-0.2, 0) is 16.6 Å². The van der Waals surface area contributed by atoms with Crippen molar-refractivity contribution in [3.8, 4) is 0 Å². The van der Waals surface area contributed by atoms with E-state index in [1.807, 2.05) is 25.3 Å². The lowest BCUT2D eigenvalue weighted by molar-refractivity contribution is 0.552. The summed E-state index contributed by atoms with van der Waals surface area (Å²) in [6.07, 6.45) is 2.33. The molecule has 0 aliphatic heterocycles. The molecule has 0 aliphatic carbocycles. The molecule has 1 N–H and O–H groups in total. The van der Waals surface area contributed by atoms with Crippen molar-refractivity contribution in [3.05, 3.63) is 12.0 Å². The van der Waals surface area contributed by atoms with Crippen molar-refractivity contribution in [2.45, 2.75) is 51.7 Å². The minimum Gasteiger partial charge on any atom is -0.334 e. The van der Waals surface area contributed by atoms with E-state index in [-0.39, 0.29) is 11.1 Å². The van der Waals surface area contributed by atoms with E-state index in [9.17, 15) is 8.42 Å². The summed E-state index contributed by atoms with van der Waals surface area (Å²) in [6, 6.07) is -0.0721. The summed E-state index contributed by atoms with van der Waals surface area (Å²) in [5.41, 5.74) is 0. The highest BCUT2D eigenvalue weighted by atomic mass is 32.2. The third-order valence-corrected chi connectivity index (χ3v) is 4.00. The molecule has 0 amide bonds. The Morgan fingerprint density at radius 3 is 2.56 bits per heavy atom. The molecule has 1 atom stereocenters. The van der Waals surface area contributed by atoms with Gasteiger partial charge in [0.15, 0.2) is 5.03 Å². The predicted molar refractivity (Wildman–Crippen MR) is 62.7 cm³/mol. The standard InChI is InChI=1S/C10H19N3O2S/c1-5-8(3)12-16(14,15)10-7-13(6-2)9(4)11-10/h7-8,12H,5-6H2,1-4H3. The normalized spacial score (nSPS) is 14.0. The zero-order valence-corrected chi connectivity index (χ0v) is 11.0. The molecule has 6 heteroatoms. The first kappa shape index (κ1) is 13.2. The Kier molecular flexibility index (Phi) is 4.09. The average Bonchev–Trinajstić information content (AvgIpc) is 2.59. The molecule has 1 aromatic rings. The van der Waals surface area contributed by atoms with Crippen LogP contribution in [0.1, 0.15) is 33.0 Å². The minimum absolute atomic E-state index is 0.0721. The molecule has 0 fully saturated rings. The number of imidazole rings is 1. The fourth-order valence-corrected chi connectivity index (χ4v) is 2.67. The highest BCUT2D eigenvalue weighted by molar-refractivity contribution is 7.89. The van der Waals surface area contributed by atoms with Gasteiger partial charge in [0.1, 0.15) is 5.82 Å². The second kappa shape index (κ2) is 4.97. The topological polar surface area (TPSA) is 64.0 Å². The Morgan fingerprint density at radius 2 is 2.12 bits per heavy atom. The lowest BCUT2D eigenvalue weighted by atomic mass is 10.3. The summed E-state index contributed by atoms with van der Waals surface area (Å²) in [6.45, 7) is 8.24. The lowest BCUT2D eigenvalue weighted by Crippen LogP contribution is -2.32. The van der Waals surface area contributed by atoms with Gasteiger partial charge >= 0.3 is 0 Å². The second-order valence-electron chi connectivity index (χ2n) is 3.84. The molecule has 92 valence electrons. The average molecular weight is 245 g/mol. The van der Waals surface area contributed by atoms with Crippen molar-refractivity contribution in [2.24, 2.45) is 0 Å². The van der Waals surface area contributed by atoms with E-state index >= 15 is 0 Å². The van der Waals surface area contributed by atoms with Gasteiger partial charge < -0.3 is 4.57 Å². The molecule has 0 bridgehead atoms. The first-order chi connectivity index (χ1) is 7.40. The smallest absolute Gasteiger partial charge is 0.259 e. The van der Waals surface area contributed by atoms with Crippen LogP contribution in [0.3, 0.4) is 0 Å². The van der Waals surface area contributed by atoms with Gasteiger partial charge in [-0.15, -0.1) is 0 Å². The summed E-state index contributed by atoms with van der Waals surface area (Å²) >= 11 is 0. The molecule has 0 aromatic carbocycles. The monoisotopic (exact) mass is 245 g/mol. The van der Waals surface area contributed by atoms with Crippen LogP contribution >= 0.6 is 0 Å². The number of nitrogens with zero attached hydrogens (tertiary/aromatic N) is 2. The van der Waals surface area contributed by atoms with Gasteiger partial charge in [-0.1, -0.05) is 6.92 Å². The SMILES string of the molecule is CCC(C)NS(=O)(=O)c1cn(CC)c(C)n1. The van der Waals surface area contributed by atoms with Crippen molar-refractivity contribution in [1.82, 2.24) is 14.3 Å². The van der Waals surface area contributed by atoms with E-state index < -0.39 is 10.0 Å². The zero-order chi connectivity index (χ0) is 12.3. The molecule has 0 spiro atoms. The minimum atomic E-state index is -3.47. The number of sulfonamides is 1. The van der Waals surface area contributed by atoms with E-state index in [1.54, 1.807) is 13.1 Å². The fourth-order valence-electron chi connectivity index (χ4n) is 1.34. The summed E-state index contributed by atoms with van der Waals surface area (Å²) in [4.78, 5) is 4.05. The molecule has 0 saturated heterocycles. The summed E-state index contributed by atoms with van der Waals surface area (Å²) in [5, 5.41) is 0.104. The first-order valence-corrected chi connectivity index (χ1v) is 6.95. The highest BCUT2D eigenvalue weighted by Crippen LogP contribution is 2.09. The quantitative estimate of drug-likeness (QED) is 0.850. The maximum absolute atomic E-state index is 11.9. The number of nitrogens with one attached hydrogen (secondary N) is 1. The van der Waals surface area contributed by atoms with Crippen LogP contribution in [0.4, 0.5) is 0 Å². The van der Waals surface area contributed by atoms with E-state index in [0.717, 1.165) is 13.0 Å².